The standard InChI is InChI=1S/C32H42N2O6/c1-8-10-11-14-17-40-30(37)33-27(31(3,4)5)28(35)34-21-32(39-7,20-26(34)29(36)38-6)24-18-22(9-2)25-16-13-12-15-23(25)19-24/h8-9,12-13,15-16,18-19,26-27H,1-2,10-11,14,17,20-21H2,3-7H3,(H,33,37)/t26?,27-,32?/m1/s1. The highest BCUT2D eigenvalue weighted by Gasteiger charge is 2.53. The second-order valence-electron chi connectivity index (χ2n) is 11.3. The van der Waals surface area contributed by atoms with Crippen LogP contribution in [0.3, 0.4) is 0 Å². The molecule has 3 rings (SSSR count). The van der Waals surface area contributed by atoms with Crippen LogP contribution in [-0.2, 0) is 29.4 Å². The Labute approximate surface area is 237 Å². The Kier molecular flexibility index (Phi) is 10.1. The molecule has 1 fully saturated rings. The number of methoxy groups -OCH3 is 2. The molecule has 40 heavy (non-hydrogen) atoms. The van der Waals surface area contributed by atoms with E-state index in [1.165, 1.54) is 12.0 Å². The van der Waals surface area contributed by atoms with Gasteiger partial charge in [-0.05, 0) is 58.7 Å². The van der Waals surface area contributed by atoms with Gasteiger partial charge in [-0.25, -0.2) is 9.59 Å². The molecule has 0 radical (unpaired) electrons. The second-order valence-corrected chi connectivity index (χ2v) is 11.3. The summed E-state index contributed by atoms with van der Waals surface area (Å²) in [7, 11) is 2.88. The lowest BCUT2D eigenvalue weighted by Crippen LogP contribution is -2.57. The van der Waals surface area contributed by atoms with Gasteiger partial charge in [-0.3, -0.25) is 4.79 Å². The van der Waals surface area contributed by atoms with Gasteiger partial charge < -0.3 is 24.4 Å². The maximum absolute atomic E-state index is 14.1. The molecule has 1 aliphatic heterocycles. The van der Waals surface area contributed by atoms with Crippen LogP contribution in [0.25, 0.3) is 16.8 Å². The van der Waals surface area contributed by atoms with Crippen LogP contribution >= 0.6 is 0 Å². The highest BCUT2D eigenvalue weighted by atomic mass is 16.5. The predicted molar refractivity (Wildman–Crippen MR) is 157 cm³/mol. The first-order valence-corrected chi connectivity index (χ1v) is 13.6. The number of ether oxygens (including phenoxy) is 3. The number of rotatable bonds is 11. The number of alkyl carbamates (subject to hydrolysis) is 1. The van der Waals surface area contributed by atoms with Gasteiger partial charge in [0.25, 0.3) is 0 Å². The van der Waals surface area contributed by atoms with Gasteiger partial charge in [0.2, 0.25) is 5.91 Å². The molecule has 2 aromatic carbocycles. The zero-order valence-electron chi connectivity index (χ0n) is 24.3. The molecule has 0 saturated carbocycles. The lowest BCUT2D eigenvalue weighted by molar-refractivity contribution is -0.152. The van der Waals surface area contributed by atoms with Crippen molar-refractivity contribution >= 4 is 34.8 Å². The van der Waals surface area contributed by atoms with Crippen LogP contribution in [0.5, 0.6) is 0 Å². The highest BCUT2D eigenvalue weighted by molar-refractivity contribution is 5.93. The van der Waals surface area contributed by atoms with E-state index in [-0.39, 0.29) is 19.6 Å². The minimum atomic E-state index is -0.982. The van der Waals surface area contributed by atoms with Crippen LogP contribution in [0.2, 0.25) is 0 Å². The number of nitrogens with one attached hydrogen (secondary N) is 1. The molecule has 1 N–H and O–H groups in total. The number of nitrogens with zero attached hydrogens (tertiary/aromatic N) is 1. The minimum Gasteiger partial charge on any atom is -0.467 e. The molecule has 0 aliphatic carbocycles. The summed E-state index contributed by atoms with van der Waals surface area (Å²) in [6, 6.07) is 10.1. The van der Waals surface area contributed by atoms with E-state index in [0.29, 0.717) is 6.42 Å². The van der Waals surface area contributed by atoms with Crippen LogP contribution < -0.4 is 5.32 Å². The SMILES string of the molecule is C=CCCCCOC(=O)N[C@H](C(=O)N1CC(OC)(c2cc(C=C)c3ccccc3c2)CC1C(=O)OC)C(C)(C)C. The summed E-state index contributed by atoms with van der Waals surface area (Å²) in [5.41, 5.74) is 0.0994. The van der Waals surface area contributed by atoms with Gasteiger partial charge in [-0.1, -0.05) is 63.8 Å². The predicted octanol–water partition coefficient (Wildman–Crippen LogP) is 5.60. The average Bonchev–Trinajstić information content (AvgIpc) is 3.35. The van der Waals surface area contributed by atoms with Crippen molar-refractivity contribution in [2.75, 3.05) is 27.4 Å². The van der Waals surface area contributed by atoms with Gasteiger partial charge in [0, 0.05) is 13.5 Å². The third kappa shape index (κ3) is 6.73. The summed E-state index contributed by atoms with van der Waals surface area (Å²) in [5.74, 6) is -0.954. The van der Waals surface area contributed by atoms with Crippen molar-refractivity contribution in [3.63, 3.8) is 0 Å². The van der Waals surface area contributed by atoms with E-state index in [4.69, 9.17) is 14.2 Å². The molecule has 2 amide bonds. The fraction of sp³-hybridized carbons (Fsp3) is 0.469. The monoisotopic (exact) mass is 550 g/mol. The summed E-state index contributed by atoms with van der Waals surface area (Å²) in [5, 5.41) is 4.79. The van der Waals surface area contributed by atoms with Crippen molar-refractivity contribution in [2.45, 2.75) is 64.1 Å². The van der Waals surface area contributed by atoms with Gasteiger partial charge in [-0.2, -0.15) is 0 Å². The number of carbonyl (C=O) groups is 3. The van der Waals surface area contributed by atoms with Crippen LogP contribution in [0.1, 0.15) is 57.6 Å². The summed E-state index contributed by atoms with van der Waals surface area (Å²) < 4.78 is 16.6. The van der Waals surface area contributed by atoms with E-state index in [1.54, 1.807) is 13.2 Å². The largest absolute Gasteiger partial charge is 0.467 e. The van der Waals surface area contributed by atoms with E-state index in [0.717, 1.165) is 34.7 Å². The summed E-state index contributed by atoms with van der Waals surface area (Å²) in [6.45, 7) is 13.6. The molecule has 216 valence electrons. The van der Waals surface area contributed by atoms with Gasteiger partial charge in [0.05, 0.1) is 20.3 Å². The molecule has 0 aromatic heterocycles. The Morgan fingerprint density at radius 2 is 1.88 bits per heavy atom. The van der Waals surface area contributed by atoms with E-state index in [2.05, 4.69) is 18.5 Å². The molecule has 3 atom stereocenters. The zero-order valence-corrected chi connectivity index (χ0v) is 24.3. The van der Waals surface area contributed by atoms with Crippen molar-refractivity contribution in [2.24, 2.45) is 5.41 Å². The first-order chi connectivity index (χ1) is 19.0. The van der Waals surface area contributed by atoms with Crippen LogP contribution in [0.15, 0.2) is 55.6 Å². The van der Waals surface area contributed by atoms with Crippen molar-refractivity contribution < 1.29 is 28.6 Å². The topological polar surface area (TPSA) is 94.2 Å². The van der Waals surface area contributed by atoms with Crippen LogP contribution in [-0.4, -0.2) is 62.3 Å². The molecule has 1 saturated heterocycles. The zero-order chi connectivity index (χ0) is 29.5. The third-order valence-corrected chi connectivity index (χ3v) is 7.52. The minimum absolute atomic E-state index is 0.0991. The molecule has 8 heteroatoms. The molecule has 1 heterocycles. The molecule has 0 spiro atoms. The average molecular weight is 551 g/mol. The summed E-state index contributed by atoms with van der Waals surface area (Å²) >= 11 is 0. The van der Waals surface area contributed by atoms with Gasteiger partial charge in [0.15, 0.2) is 0 Å². The lowest BCUT2D eigenvalue weighted by Gasteiger charge is -2.35. The molecule has 1 aliphatic rings. The number of carbonyl (C=O) groups excluding carboxylic acids is 3. The summed E-state index contributed by atoms with van der Waals surface area (Å²) in [4.78, 5) is 41.3. The van der Waals surface area contributed by atoms with Crippen molar-refractivity contribution in [1.82, 2.24) is 10.2 Å². The van der Waals surface area contributed by atoms with Crippen molar-refractivity contribution in [1.29, 1.82) is 0 Å². The van der Waals surface area contributed by atoms with E-state index >= 15 is 0 Å². The molecule has 2 unspecified atom stereocenters. The van der Waals surface area contributed by atoms with Gasteiger partial charge in [-0.15, -0.1) is 6.58 Å². The number of unbranched alkanes of at least 4 members (excludes halogenated alkanes) is 2. The highest BCUT2D eigenvalue weighted by Crippen LogP contribution is 2.42. The fourth-order valence-corrected chi connectivity index (χ4v) is 5.23. The normalized spacial score (nSPS) is 19.6. The Morgan fingerprint density at radius 3 is 2.50 bits per heavy atom. The number of benzene rings is 2. The Hall–Kier alpha value is -3.65. The molecular weight excluding hydrogens is 508 g/mol. The number of amides is 2. The first kappa shape index (κ1) is 30.9. The number of likely N-dealkylation sites (tertiary alicyclic amines) is 1. The number of esters is 1. The molecular formula is C32H42N2O6. The van der Waals surface area contributed by atoms with Crippen LogP contribution in [0.4, 0.5) is 4.79 Å². The van der Waals surface area contributed by atoms with E-state index < -0.39 is 41.1 Å². The first-order valence-electron chi connectivity index (χ1n) is 13.6. The Balaban J connectivity index is 1.95. The smallest absolute Gasteiger partial charge is 0.407 e. The van der Waals surface area contributed by atoms with Gasteiger partial charge >= 0.3 is 12.1 Å². The second kappa shape index (κ2) is 13.1. The Bertz CT molecular complexity index is 1250. The lowest BCUT2D eigenvalue weighted by atomic mass is 9.85. The number of hydrogen-bond acceptors (Lipinski definition) is 6. The molecule has 2 aromatic rings. The maximum Gasteiger partial charge on any atom is 0.407 e. The number of fused-ring (bicyclic) bond motifs is 1. The quantitative estimate of drug-likeness (QED) is 0.223. The fourth-order valence-electron chi connectivity index (χ4n) is 5.23. The molecule has 0 bridgehead atoms. The van der Waals surface area contributed by atoms with Crippen molar-refractivity contribution in [3.8, 4) is 0 Å². The summed E-state index contributed by atoms with van der Waals surface area (Å²) in [6.07, 6.45) is 5.51. The molecule has 8 nitrogen and oxygen atoms in total. The maximum atomic E-state index is 14.1. The van der Waals surface area contributed by atoms with E-state index in [9.17, 15) is 14.4 Å². The van der Waals surface area contributed by atoms with Crippen LogP contribution in [0, 0.1) is 5.41 Å². The van der Waals surface area contributed by atoms with E-state index in [1.807, 2.05) is 63.2 Å². The van der Waals surface area contributed by atoms with Gasteiger partial charge in [0.1, 0.15) is 17.7 Å². The number of allylic oxidation sites excluding steroid dienone is 1. The third-order valence-electron chi connectivity index (χ3n) is 7.52. The number of hydrogen-bond donors (Lipinski definition) is 1. The van der Waals surface area contributed by atoms with Crippen molar-refractivity contribution in [3.05, 3.63) is 66.8 Å². The Morgan fingerprint density at radius 1 is 1.15 bits per heavy atom.